The summed E-state index contributed by atoms with van der Waals surface area (Å²) >= 11 is 0. The van der Waals surface area contributed by atoms with Gasteiger partial charge in [0.15, 0.2) is 5.43 Å². The van der Waals surface area contributed by atoms with Crippen LogP contribution in [0.1, 0.15) is 52.2 Å². The van der Waals surface area contributed by atoms with Gasteiger partial charge in [0.2, 0.25) is 5.76 Å². The van der Waals surface area contributed by atoms with Crippen molar-refractivity contribution in [3.63, 3.8) is 0 Å². The summed E-state index contributed by atoms with van der Waals surface area (Å²) in [4.78, 5) is 28.4. The Kier molecular flexibility index (Phi) is 4.46. The first-order valence-corrected chi connectivity index (χ1v) is 9.49. The van der Waals surface area contributed by atoms with Gasteiger partial charge < -0.3 is 14.1 Å². The number of aryl methyl sites for hydroxylation is 2. The fourth-order valence-corrected chi connectivity index (χ4v) is 4.10. The molecule has 0 N–H and O–H groups in total. The van der Waals surface area contributed by atoms with Crippen LogP contribution in [0.2, 0.25) is 0 Å². The molecule has 1 amide bonds. The number of carbonyl (C=O) groups is 1. The van der Waals surface area contributed by atoms with E-state index in [1.54, 1.807) is 12.0 Å². The van der Waals surface area contributed by atoms with E-state index >= 15 is 0 Å². The molecule has 0 bridgehead atoms. The number of methoxy groups -OCH3 is 1. The molecule has 4 rings (SSSR count). The minimum atomic E-state index is -0.473. The van der Waals surface area contributed by atoms with E-state index in [1.165, 1.54) is 0 Å². The number of benzene rings is 2. The van der Waals surface area contributed by atoms with Crippen LogP contribution in [0, 0.1) is 13.8 Å². The zero-order valence-electron chi connectivity index (χ0n) is 16.5. The lowest BCUT2D eigenvalue weighted by molar-refractivity contribution is 0.0728. The van der Waals surface area contributed by atoms with Gasteiger partial charge in [-0.15, -0.1) is 0 Å². The predicted molar refractivity (Wildman–Crippen MR) is 108 cm³/mol. The van der Waals surface area contributed by atoms with Gasteiger partial charge in [0.25, 0.3) is 5.91 Å². The molecule has 1 atom stereocenters. The molecule has 144 valence electrons. The maximum absolute atomic E-state index is 13.5. The maximum Gasteiger partial charge on any atom is 0.290 e. The lowest BCUT2D eigenvalue weighted by Crippen LogP contribution is -2.30. The minimum absolute atomic E-state index is 0.136. The summed E-state index contributed by atoms with van der Waals surface area (Å²) in [7, 11) is 1.60. The molecule has 1 unspecified atom stereocenters. The first-order valence-electron chi connectivity index (χ1n) is 9.49. The first-order chi connectivity index (χ1) is 13.5. The molecule has 0 aliphatic carbocycles. The van der Waals surface area contributed by atoms with Gasteiger partial charge in [-0.3, -0.25) is 9.59 Å². The highest BCUT2D eigenvalue weighted by Crippen LogP contribution is 2.39. The number of hydrogen-bond acceptors (Lipinski definition) is 4. The number of amides is 1. The Morgan fingerprint density at radius 1 is 1.14 bits per heavy atom. The summed E-state index contributed by atoms with van der Waals surface area (Å²) in [5.41, 5.74) is 3.47. The Morgan fingerprint density at radius 3 is 2.64 bits per heavy atom. The lowest BCUT2D eigenvalue weighted by Gasteiger charge is -2.24. The van der Waals surface area contributed by atoms with E-state index in [2.05, 4.69) is 0 Å². The molecule has 0 saturated heterocycles. The average Bonchev–Trinajstić information content (AvgIpc) is 2.96. The predicted octanol–water partition coefficient (Wildman–Crippen LogP) is 4.37. The third-order valence-corrected chi connectivity index (χ3v) is 5.27. The van der Waals surface area contributed by atoms with E-state index < -0.39 is 6.04 Å². The molecular formula is C23H23NO4. The summed E-state index contributed by atoms with van der Waals surface area (Å²) in [6.45, 7) is 6.40. The monoisotopic (exact) mass is 377 g/mol. The van der Waals surface area contributed by atoms with Crippen molar-refractivity contribution in [2.45, 2.75) is 33.2 Å². The van der Waals surface area contributed by atoms with Crippen molar-refractivity contribution in [1.82, 2.24) is 4.90 Å². The third kappa shape index (κ3) is 2.70. The molecule has 28 heavy (non-hydrogen) atoms. The summed E-state index contributed by atoms with van der Waals surface area (Å²) in [5, 5.41) is 0.523. The van der Waals surface area contributed by atoms with E-state index in [0.717, 1.165) is 23.1 Å². The van der Waals surface area contributed by atoms with Crippen molar-refractivity contribution in [3.05, 3.63) is 74.6 Å². The number of fused-ring (bicyclic) bond motifs is 2. The lowest BCUT2D eigenvalue weighted by atomic mass is 9.97. The SMILES string of the molecule is CCCN1C(=O)c2oc3c(C)cc(C)cc3c(=O)c2C1c1cccc(OC)c1. The molecule has 0 saturated carbocycles. The molecule has 0 spiro atoms. The summed E-state index contributed by atoms with van der Waals surface area (Å²) in [6, 6.07) is 10.8. The number of hydrogen-bond donors (Lipinski definition) is 0. The third-order valence-electron chi connectivity index (χ3n) is 5.27. The van der Waals surface area contributed by atoms with Crippen LogP contribution >= 0.6 is 0 Å². The molecule has 1 aromatic heterocycles. The van der Waals surface area contributed by atoms with Gasteiger partial charge in [-0.1, -0.05) is 25.1 Å². The highest BCUT2D eigenvalue weighted by Gasteiger charge is 2.42. The molecule has 2 aromatic carbocycles. The van der Waals surface area contributed by atoms with Crippen molar-refractivity contribution < 1.29 is 13.9 Å². The van der Waals surface area contributed by atoms with Crippen LogP contribution in [0.3, 0.4) is 0 Å². The van der Waals surface area contributed by atoms with Crippen molar-refractivity contribution >= 4 is 16.9 Å². The molecule has 0 fully saturated rings. The number of nitrogens with zero attached hydrogens (tertiary/aromatic N) is 1. The molecule has 5 nitrogen and oxygen atoms in total. The van der Waals surface area contributed by atoms with Gasteiger partial charge in [-0.25, -0.2) is 0 Å². The second kappa shape index (κ2) is 6.82. The Balaban J connectivity index is 2.03. The van der Waals surface area contributed by atoms with Gasteiger partial charge in [0.1, 0.15) is 11.3 Å². The van der Waals surface area contributed by atoms with Crippen LogP contribution in [0.5, 0.6) is 5.75 Å². The smallest absolute Gasteiger partial charge is 0.290 e. The summed E-state index contributed by atoms with van der Waals surface area (Å²) < 4.78 is 11.4. The highest BCUT2D eigenvalue weighted by atomic mass is 16.5. The minimum Gasteiger partial charge on any atom is -0.497 e. The zero-order valence-corrected chi connectivity index (χ0v) is 16.5. The van der Waals surface area contributed by atoms with E-state index in [-0.39, 0.29) is 17.1 Å². The average molecular weight is 377 g/mol. The Morgan fingerprint density at radius 2 is 1.93 bits per heavy atom. The van der Waals surface area contributed by atoms with E-state index in [0.29, 0.717) is 28.8 Å². The topological polar surface area (TPSA) is 59.8 Å². The van der Waals surface area contributed by atoms with Crippen LogP contribution in [-0.4, -0.2) is 24.5 Å². The van der Waals surface area contributed by atoms with E-state index in [4.69, 9.17) is 9.15 Å². The van der Waals surface area contributed by atoms with Crippen LogP contribution in [0.4, 0.5) is 0 Å². The van der Waals surface area contributed by atoms with Gasteiger partial charge in [0.05, 0.1) is 24.1 Å². The number of carbonyl (C=O) groups excluding carboxylic acids is 1. The van der Waals surface area contributed by atoms with Crippen LogP contribution < -0.4 is 10.2 Å². The molecule has 1 aliphatic rings. The second-order valence-corrected chi connectivity index (χ2v) is 7.31. The largest absolute Gasteiger partial charge is 0.497 e. The van der Waals surface area contributed by atoms with Crippen molar-refractivity contribution in [1.29, 1.82) is 0 Å². The quantitative estimate of drug-likeness (QED) is 0.677. The van der Waals surface area contributed by atoms with Gasteiger partial charge in [0, 0.05) is 6.54 Å². The molecule has 1 aliphatic heterocycles. The Labute approximate surface area is 163 Å². The van der Waals surface area contributed by atoms with Crippen molar-refractivity contribution in [2.75, 3.05) is 13.7 Å². The zero-order chi connectivity index (χ0) is 20.0. The standard InChI is InChI=1S/C23H23NO4/c1-5-9-24-19(15-7-6-8-16(12-15)27-4)18-20(25)17-11-13(2)10-14(3)21(17)28-22(18)23(24)26/h6-8,10-12,19H,5,9H2,1-4H3. The molecular weight excluding hydrogens is 354 g/mol. The van der Waals surface area contributed by atoms with Gasteiger partial charge >= 0.3 is 0 Å². The molecule has 5 heteroatoms. The summed E-state index contributed by atoms with van der Waals surface area (Å²) in [6.07, 6.45) is 0.784. The Hall–Kier alpha value is -3.08. The maximum atomic E-state index is 13.5. The normalized spacial score (nSPS) is 15.9. The van der Waals surface area contributed by atoms with Crippen molar-refractivity contribution in [3.8, 4) is 5.75 Å². The second-order valence-electron chi connectivity index (χ2n) is 7.31. The van der Waals surface area contributed by atoms with Gasteiger partial charge in [-0.2, -0.15) is 0 Å². The molecule has 0 radical (unpaired) electrons. The van der Waals surface area contributed by atoms with Crippen LogP contribution in [-0.2, 0) is 0 Å². The molecule has 2 heterocycles. The van der Waals surface area contributed by atoms with E-state index in [1.807, 2.05) is 57.2 Å². The summed E-state index contributed by atoms with van der Waals surface area (Å²) in [5.74, 6) is 0.612. The highest BCUT2D eigenvalue weighted by molar-refractivity contribution is 5.99. The van der Waals surface area contributed by atoms with Crippen LogP contribution in [0.25, 0.3) is 11.0 Å². The van der Waals surface area contributed by atoms with Gasteiger partial charge in [-0.05, 0) is 55.2 Å². The fraction of sp³-hybridized carbons (Fsp3) is 0.304. The fourth-order valence-electron chi connectivity index (χ4n) is 4.10. The Bertz CT molecular complexity index is 1150. The number of ether oxygens (including phenoxy) is 1. The molecule has 3 aromatic rings. The number of rotatable bonds is 4. The van der Waals surface area contributed by atoms with Crippen LogP contribution in [0.15, 0.2) is 45.6 Å². The van der Waals surface area contributed by atoms with E-state index in [9.17, 15) is 9.59 Å². The first kappa shape index (κ1) is 18.3. The van der Waals surface area contributed by atoms with Crippen molar-refractivity contribution in [2.24, 2.45) is 0 Å².